The molecule has 11 rings (SSSR count). The van der Waals surface area contributed by atoms with Crippen molar-refractivity contribution in [3.8, 4) is 12.0 Å². The Hall–Kier alpha value is -6.14. The molecule has 0 amide bonds. The minimum atomic E-state index is -0.610. The average molecular weight is 990 g/mol. The molecule has 4 aliphatic carbocycles. The lowest BCUT2D eigenvalue weighted by Gasteiger charge is -2.30. The zero-order valence-corrected chi connectivity index (χ0v) is 41.7. The largest absolute Gasteiger partial charge is 0.465 e. The van der Waals surface area contributed by atoms with Gasteiger partial charge in [-0.15, -0.1) is 0 Å². The lowest BCUT2D eigenvalue weighted by molar-refractivity contribution is -0.383. The quantitative estimate of drug-likeness (QED) is 0.0582. The highest BCUT2D eigenvalue weighted by Gasteiger charge is 2.48. The van der Waals surface area contributed by atoms with Crippen LogP contribution in [0, 0.1) is 33.8 Å². The maximum absolute atomic E-state index is 12.5. The minimum Gasteiger partial charge on any atom is -0.465 e. The first kappa shape index (κ1) is 52.2. The van der Waals surface area contributed by atoms with E-state index in [0.717, 1.165) is 86.2 Å². The second-order valence-corrected chi connectivity index (χ2v) is 20.3. The minimum absolute atomic E-state index is 0. The number of nitrogens with zero attached hydrogens (tertiary/aromatic N) is 9. The smallest absolute Gasteiger partial charge is 0.353 e. The van der Waals surface area contributed by atoms with Crippen LogP contribution in [0.1, 0.15) is 120 Å². The number of fused-ring (bicyclic) bond motifs is 3. The monoisotopic (exact) mass is 990 g/mol. The number of ether oxygens (including phenoxy) is 3. The Bertz CT molecular complexity index is 2510. The fourth-order valence-corrected chi connectivity index (χ4v) is 11.4. The molecule has 4 aromatic rings. The van der Waals surface area contributed by atoms with Gasteiger partial charge >= 0.3 is 23.7 Å². The van der Waals surface area contributed by atoms with E-state index < -0.39 is 16.6 Å². The number of likely N-dealkylation sites (tertiary alicyclic amines) is 2. The van der Waals surface area contributed by atoms with Gasteiger partial charge in [0.05, 0.1) is 18.1 Å². The zero-order valence-electron chi connectivity index (χ0n) is 41.7. The van der Waals surface area contributed by atoms with Crippen molar-refractivity contribution < 1.29 is 28.7 Å². The van der Waals surface area contributed by atoms with Crippen molar-refractivity contribution in [2.75, 3.05) is 67.1 Å². The van der Waals surface area contributed by atoms with E-state index in [9.17, 15) is 19.7 Å². The normalized spacial score (nSPS) is 23.5. The van der Waals surface area contributed by atoms with Gasteiger partial charge in [0, 0.05) is 38.2 Å². The predicted octanol–water partition coefficient (Wildman–Crippen LogP) is 7.94. The van der Waals surface area contributed by atoms with Crippen LogP contribution in [-0.4, -0.2) is 104 Å². The molecule has 0 bridgehead atoms. The summed E-state index contributed by atoms with van der Waals surface area (Å²) in [5, 5.41) is 12.0. The summed E-state index contributed by atoms with van der Waals surface area (Å²) in [5.41, 5.74) is 17.1. The molecule has 4 saturated carbocycles. The number of anilines is 4. The Morgan fingerprint density at radius 2 is 1.24 bits per heavy atom. The van der Waals surface area contributed by atoms with Crippen LogP contribution in [0.2, 0.25) is 0 Å². The molecule has 388 valence electrons. The van der Waals surface area contributed by atoms with Crippen LogP contribution >= 0.6 is 0 Å². The number of Topliss-reactive ketones (excluding diaryl/α,β-unsaturated/α-hetero) is 1. The zero-order chi connectivity index (χ0) is 49.6. The molecule has 5 heterocycles. The molecular weight excluding hydrogens is 915 g/mol. The summed E-state index contributed by atoms with van der Waals surface area (Å²) < 4.78 is 17.3. The lowest BCUT2D eigenvalue weighted by atomic mass is 10.0. The van der Waals surface area contributed by atoms with E-state index >= 15 is 0 Å². The summed E-state index contributed by atoms with van der Waals surface area (Å²) in [7, 11) is 0. The molecule has 0 spiro atoms. The van der Waals surface area contributed by atoms with Gasteiger partial charge in [-0.1, -0.05) is 69.8 Å². The van der Waals surface area contributed by atoms with Crippen molar-refractivity contribution in [1.82, 2.24) is 29.7 Å². The molecule has 2 aromatic heterocycles. The van der Waals surface area contributed by atoms with Crippen LogP contribution in [0.5, 0.6) is 12.0 Å². The Kier molecular flexibility index (Phi) is 17.1. The van der Waals surface area contributed by atoms with Crippen molar-refractivity contribution in [2.24, 2.45) is 23.7 Å². The second kappa shape index (κ2) is 23.6. The van der Waals surface area contributed by atoms with Crippen LogP contribution in [-0.2, 0) is 46.9 Å². The van der Waals surface area contributed by atoms with Crippen LogP contribution in [0.15, 0.2) is 48.5 Å². The summed E-state index contributed by atoms with van der Waals surface area (Å²) in [5.74, 6) is 3.45. The number of carbonyl (C=O) groups is 2. The maximum Gasteiger partial charge on any atom is 0.353 e. The number of ketones is 1. The molecular formula is C54H75N11O7. The van der Waals surface area contributed by atoms with Gasteiger partial charge in [-0.3, -0.25) is 29.5 Å². The summed E-state index contributed by atoms with van der Waals surface area (Å²) in [6.45, 7) is 13.2. The highest BCUT2D eigenvalue weighted by Crippen LogP contribution is 2.53. The summed E-state index contributed by atoms with van der Waals surface area (Å²) in [6.07, 6.45) is 12.1. The van der Waals surface area contributed by atoms with E-state index in [-0.39, 0.29) is 62.8 Å². The number of aromatic nitrogens is 4. The van der Waals surface area contributed by atoms with Gasteiger partial charge in [-0.25, -0.2) is 0 Å². The standard InChI is InChI=1S/C26H34N6O5.C25H31N5O2.C2H6.CH4/c1-2-36-22(33)16-31(15-18-7-5-6-17(10-18)14-30-8-3-4-9-30)25-23(32(34)35)24(27)28-26(29-25)37-21-12-19-11-20(19)13-21;26-23-22-12-20(31)15-30(14-17-5-3-4-16(8-17)13-29-6-1-2-7-29)24(22)28-25(27-23)32-21-10-18-9-19(18)11-21;1-2;/h5-7,10,19-21H,2-4,8-9,11-16H2,1H3,(H2,27,28,29);3-5,8,18-19,21H,1-2,6-7,9-15H2,(H2,26,27,28);1-2H3;1H4/t19-,20+,21?;18-,19+,21?;;. The molecule has 18 heteroatoms. The first-order chi connectivity index (χ1) is 34.5. The number of nitrogens with two attached hydrogens (primary N) is 2. The average Bonchev–Trinajstić information content (AvgIpc) is 3.80. The van der Waals surface area contributed by atoms with Crippen molar-refractivity contribution in [3.05, 3.63) is 86.5 Å². The molecule has 7 aliphatic rings. The third kappa shape index (κ3) is 13.1. The number of nitrogen functional groups attached to an aromatic ring is 2. The Labute approximate surface area is 424 Å². The summed E-state index contributed by atoms with van der Waals surface area (Å²) in [4.78, 5) is 62.6. The number of esters is 1. The maximum atomic E-state index is 12.5. The third-order valence-corrected chi connectivity index (χ3v) is 14.9. The van der Waals surface area contributed by atoms with E-state index in [4.69, 9.17) is 30.7 Å². The number of nitro groups is 1. The van der Waals surface area contributed by atoms with E-state index in [1.807, 2.05) is 30.9 Å². The van der Waals surface area contributed by atoms with Crippen molar-refractivity contribution in [3.63, 3.8) is 0 Å². The van der Waals surface area contributed by atoms with Gasteiger partial charge < -0.3 is 35.5 Å². The van der Waals surface area contributed by atoms with Gasteiger partial charge in [0.1, 0.15) is 30.4 Å². The molecule has 6 atom stereocenters. The van der Waals surface area contributed by atoms with Crippen molar-refractivity contribution in [2.45, 2.75) is 137 Å². The molecule has 4 N–H and O–H groups in total. The van der Waals surface area contributed by atoms with Crippen molar-refractivity contribution in [1.29, 1.82) is 0 Å². The van der Waals surface area contributed by atoms with Gasteiger partial charge in [0.25, 0.3) is 0 Å². The van der Waals surface area contributed by atoms with E-state index in [0.29, 0.717) is 43.2 Å². The lowest BCUT2D eigenvalue weighted by Crippen LogP contribution is -2.37. The molecule has 6 fully saturated rings. The second-order valence-electron chi connectivity index (χ2n) is 20.3. The number of benzene rings is 2. The Morgan fingerprint density at radius 3 is 1.78 bits per heavy atom. The summed E-state index contributed by atoms with van der Waals surface area (Å²) >= 11 is 0. The Morgan fingerprint density at radius 1 is 0.736 bits per heavy atom. The van der Waals surface area contributed by atoms with Gasteiger partial charge in [0.15, 0.2) is 5.78 Å². The fraction of sp³-hybridized carbons (Fsp3) is 0.593. The topological polar surface area (TPSA) is 222 Å². The van der Waals surface area contributed by atoms with Crippen LogP contribution < -0.4 is 30.7 Å². The molecule has 0 radical (unpaired) electrons. The van der Waals surface area contributed by atoms with E-state index in [1.165, 1.54) is 67.6 Å². The van der Waals surface area contributed by atoms with Crippen LogP contribution in [0.3, 0.4) is 0 Å². The number of rotatable bonds is 17. The van der Waals surface area contributed by atoms with E-state index in [1.54, 1.807) is 6.92 Å². The van der Waals surface area contributed by atoms with Gasteiger partial charge in [0.2, 0.25) is 11.6 Å². The molecule has 18 nitrogen and oxygen atoms in total. The summed E-state index contributed by atoms with van der Waals surface area (Å²) in [6, 6.07) is 17.1. The number of hydrogen-bond acceptors (Lipinski definition) is 17. The highest BCUT2D eigenvalue weighted by molar-refractivity contribution is 5.91. The SMILES string of the molecule is C.CC.CCOC(=O)CN(Cc1cccc(CN2CCCC2)c1)c1nc(OC2C[C@@H]3C[C@@H]3C2)nc(N)c1[N+](=O)[O-].Nc1nc(OC2C[C@@H]3C[C@@H]3C2)nc2c1CC(=O)CN2Cc1cccc(CN2CCCC2)c1. The van der Waals surface area contributed by atoms with E-state index in [2.05, 4.69) is 61.1 Å². The first-order valence-electron chi connectivity index (χ1n) is 26.1. The Balaban J connectivity index is 0.000000185. The highest BCUT2D eigenvalue weighted by atomic mass is 16.6. The molecule has 3 aliphatic heterocycles. The van der Waals surface area contributed by atoms with Crippen molar-refractivity contribution >= 4 is 40.7 Å². The number of hydrogen-bond donors (Lipinski definition) is 2. The first-order valence-corrected chi connectivity index (χ1v) is 26.1. The van der Waals surface area contributed by atoms with Crippen LogP contribution in [0.25, 0.3) is 0 Å². The predicted molar refractivity (Wildman–Crippen MR) is 277 cm³/mol. The van der Waals surface area contributed by atoms with Gasteiger partial charge in [-0.2, -0.15) is 19.9 Å². The fourth-order valence-electron chi connectivity index (χ4n) is 11.4. The van der Waals surface area contributed by atoms with Crippen LogP contribution in [0.4, 0.5) is 29.0 Å². The molecule has 2 unspecified atom stereocenters. The van der Waals surface area contributed by atoms with Gasteiger partial charge in [-0.05, 0) is 143 Å². The molecule has 2 saturated heterocycles. The third-order valence-electron chi connectivity index (χ3n) is 14.9. The number of carbonyl (C=O) groups excluding carboxylic acids is 2. The molecule has 2 aromatic carbocycles. The molecule has 72 heavy (non-hydrogen) atoms.